The van der Waals surface area contributed by atoms with Crippen LogP contribution in [0.1, 0.15) is 19.3 Å². The van der Waals surface area contributed by atoms with Gasteiger partial charge in [0.25, 0.3) is 0 Å². The molecule has 1 fully saturated rings. The second kappa shape index (κ2) is 9.40. The summed E-state index contributed by atoms with van der Waals surface area (Å²) in [6.45, 7) is 3.98. The van der Waals surface area contributed by atoms with Crippen LogP contribution in [0.15, 0.2) is 55.1 Å². The number of rotatable bonds is 8. The van der Waals surface area contributed by atoms with Crippen molar-refractivity contribution in [2.45, 2.75) is 19.3 Å². The summed E-state index contributed by atoms with van der Waals surface area (Å²) in [6, 6.07) is 9.41. The van der Waals surface area contributed by atoms with E-state index in [0.717, 1.165) is 12.1 Å². The zero-order valence-electron chi connectivity index (χ0n) is 14.0. The number of carbonyl (C=O) groups excluding carboxylic acids is 1. The van der Waals surface area contributed by atoms with E-state index in [0.29, 0.717) is 12.8 Å². The van der Waals surface area contributed by atoms with Crippen LogP contribution in [0.3, 0.4) is 0 Å². The molecule has 0 radical (unpaired) electrons. The third-order valence-corrected chi connectivity index (χ3v) is 4.90. The van der Waals surface area contributed by atoms with Crippen LogP contribution in [-0.4, -0.2) is 29.3 Å². The lowest BCUT2D eigenvalue weighted by atomic mass is 9.88. The van der Waals surface area contributed by atoms with Gasteiger partial charge < -0.3 is 15.5 Å². The molecule has 1 aliphatic rings. The second-order valence-corrected chi connectivity index (χ2v) is 6.37. The summed E-state index contributed by atoms with van der Waals surface area (Å²) in [7, 11) is 0. The lowest BCUT2D eigenvalue weighted by Crippen LogP contribution is -2.23. The third-order valence-electron chi connectivity index (χ3n) is 4.90. The topological polar surface area (TPSA) is 69.6 Å². The van der Waals surface area contributed by atoms with Crippen LogP contribution >= 0.6 is 0 Å². The Morgan fingerprint density at radius 1 is 1.17 bits per heavy atom. The van der Waals surface area contributed by atoms with Gasteiger partial charge in [-0.3, -0.25) is 4.79 Å². The predicted octanol–water partition coefficient (Wildman–Crippen LogP) is 3.00. The summed E-state index contributed by atoms with van der Waals surface area (Å²) in [5, 5.41) is 22.0. The van der Waals surface area contributed by atoms with Crippen molar-refractivity contribution < 1.29 is 15.0 Å². The highest BCUT2D eigenvalue weighted by molar-refractivity contribution is 5.90. The molecule has 4 unspecified atom stereocenters. The summed E-state index contributed by atoms with van der Waals surface area (Å²) in [5.41, 5.74) is 0.808. The molecular formula is C20H27NO3. The maximum absolute atomic E-state index is 11.9. The summed E-state index contributed by atoms with van der Waals surface area (Å²) in [5.74, 6) is 0.597. The largest absolute Gasteiger partial charge is 0.396 e. The van der Waals surface area contributed by atoms with Gasteiger partial charge in [-0.25, -0.2) is 0 Å². The van der Waals surface area contributed by atoms with E-state index in [-0.39, 0.29) is 42.8 Å². The SMILES string of the molecule is C=CC1CC(/C=C\CCC(=O)Nc2ccccc2)C(CO)C1CO. The normalized spacial score (nSPS) is 26.6. The van der Waals surface area contributed by atoms with Crippen molar-refractivity contribution in [2.75, 3.05) is 18.5 Å². The minimum absolute atomic E-state index is 0.00631. The first-order valence-electron chi connectivity index (χ1n) is 8.55. The average molecular weight is 329 g/mol. The summed E-state index contributed by atoms with van der Waals surface area (Å²) >= 11 is 0. The van der Waals surface area contributed by atoms with E-state index >= 15 is 0 Å². The highest BCUT2D eigenvalue weighted by Crippen LogP contribution is 2.42. The van der Waals surface area contributed by atoms with Gasteiger partial charge in [-0.2, -0.15) is 0 Å². The molecule has 1 aromatic rings. The number of benzene rings is 1. The number of allylic oxidation sites excluding steroid dienone is 3. The first kappa shape index (κ1) is 18.4. The van der Waals surface area contributed by atoms with E-state index in [9.17, 15) is 15.0 Å². The number of para-hydroxylation sites is 1. The van der Waals surface area contributed by atoms with Crippen LogP contribution in [0.2, 0.25) is 0 Å². The maximum atomic E-state index is 11.9. The van der Waals surface area contributed by atoms with E-state index in [1.807, 2.05) is 42.5 Å². The number of carbonyl (C=O) groups is 1. The molecule has 0 saturated heterocycles. The summed E-state index contributed by atoms with van der Waals surface area (Å²) < 4.78 is 0. The molecule has 1 aromatic carbocycles. The Hall–Kier alpha value is -1.91. The first-order valence-corrected chi connectivity index (χ1v) is 8.55. The molecule has 4 heteroatoms. The number of aliphatic hydroxyl groups is 2. The fraction of sp³-hybridized carbons (Fsp3) is 0.450. The molecule has 4 atom stereocenters. The van der Waals surface area contributed by atoms with Crippen molar-refractivity contribution in [1.82, 2.24) is 0 Å². The smallest absolute Gasteiger partial charge is 0.224 e. The van der Waals surface area contributed by atoms with E-state index in [1.54, 1.807) is 0 Å². The lowest BCUT2D eigenvalue weighted by molar-refractivity contribution is -0.116. The third kappa shape index (κ3) is 4.79. The fourth-order valence-corrected chi connectivity index (χ4v) is 3.56. The molecule has 2 rings (SSSR count). The van der Waals surface area contributed by atoms with Crippen LogP contribution in [0.25, 0.3) is 0 Å². The first-order chi connectivity index (χ1) is 11.7. The van der Waals surface area contributed by atoms with Crippen LogP contribution in [0.4, 0.5) is 5.69 Å². The van der Waals surface area contributed by atoms with E-state index < -0.39 is 0 Å². The minimum Gasteiger partial charge on any atom is -0.396 e. The molecule has 4 nitrogen and oxygen atoms in total. The highest BCUT2D eigenvalue weighted by Gasteiger charge is 2.39. The number of anilines is 1. The standard InChI is InChI=1S/C20H27NO3/c1-2-15-12-16(19(14-23)18(15)13-22)8-6-7-11-20(24)21-17-9-4-3-5-10-17/h2-6,8-10,15-16,18-19,22-23H,1,7,11-14H2,(H,21,24)/b8-6-. The monoisotopic (exact) mass is 329 g/mol. The Labute approximate surface area is 143 Å². The van der Waals surface area contributed by atoms with E-state index in [1.165, 1.54) is 0 Å². The minimum atomic E-state index is -0.00631. The van der Waals surface area contributed by atoms with Crippen LogP contribution in [0, 0.1) is 23.7 Å². The maximum Gasteiger partial charge on any atom is 0.224 e. The Morgan fingerprint density at radius 2 is 1.83 bits per heavy atom. The van der Waals surface area contributed by atoms with Gasteiger partial charge in [0.1, 0.15) is 0 Å². The Kier molecular flexibility index (Phi) is 7.22. The van der Waals surface area contributed by atoms with Gasteiger partial charge in [0, 0.05) is 25.3 Å². The van der Waals surface area contributed by atoms with Gasteiger partial charge in [0.15, 0.2) is 0 Å². The average Bonchev–Trinajstić information content (AvgIpc) is 2.96. The number of nitrogens with one attached hydrogen (secondary N) is 1. The fourth-order valence-electron chi connectivity index (χ4n) is 3.56. The Morgan fingerprint density at radius 3 is 2.46 bits per heavy atom. The van der Waals surface area contributed by atoms with Gasteiger partial charge in [0.05, 0.1) is 0 Å². The van der Waals surface area contributed by atoms with Gasteiger partial charge in [-0.15, -0.1) is 6.58 Å². The lowest BCUT2D eigenvalue weighted by Gasteiger charge is -2.20. The quantitative estimate of drug-likeness (QED) is 0.642. The molecule has 1 aliphatic carbocycles. The summed E-state index contributed by atoms with van der Waals surface area (Å²) in [4.78, 5) is 11.9. The summed E-state index contributed by atoms with van der Waals surface area (Å²) in [6.07, 6.45) is 7.96. The van der Waals surface area contributed by atoms with Crippen molar-refractivity contribution >= 4 is 11.6 Å². The molecule has 24 heavy (non-hydrogen) atoms. The molecule has 3 N–H and O–H groups in total. The zero-order valence-corrected chi connectivity index (χ0v) is 14.0. The molecule has 1 saturated carbocycles. The molecule has 0 aliphatic heterocycles. The molecule has 0 aromatic heterocycles. The van der Waals surface area contributed by atoms with Crippen LogP contribution < -0.4 is 5.32 Å². The van der Waals surface area contributed by atoms with Gasteiger partial charge in [0.2, 0.25) is 5.91 Å². The highest BCUT2D eigenvalue weighted by atomic mass is 16.3. The molecule has 0 spiro atoms. The number of aliphatic hydroxyl groups excluding tert-OH is 2. The zero-order chi connectivity index (χ0) is 17.4. The van der Waals surface area contributed by atoms with Crippen molar-refractivity contribution in [3.05, 3.63) is 55.1 Å². The Bertz CT molecular complexity index is 555. The molecule has 130 valence electrons. The van der Waals surface area contributed by atoms with E-state index in [4.69, 9.17) is 0 Å². The molecule has 1 amide bonds. The van der Waals surface area contributed by atoms with Crippen molar-refractivity contribution in [3.63, 3.8) is 0 Å². The number of hydrogen-bond acceptors (Lipinski definition) is 3. The number of hydrogen-bond donors (Lipinski definition) is 3. The van der Waals surface area contributed by atoms with Gasteiger partial charge >= 0.3 is 0 Å². The van der Waals surface area contributed by atoms with Crippen molar-refractivity contribution in [3.8, 4) is 0 Å². The Balaban J connectivity index is 1.81. The van der Waals surface area contributed by atoms with Crippen LogP contribution in [-0.2, 0) is 4.79 Å². The van der Waals surface area contributed by atoms with Gasteiger partial charge in [-0.1, -0.05) is 36.4 Å². The van der Waals surface area contributed by atoms with Crippen molar-refractivity contribution in [2.24, 2.45) is 23.7 Å². The van der Waals surface area contributed by atoms with Crippen molar-refractivity contribution in [1.29, 1.82) is 0 Å². The molecule has 0 bridgehead atoms. The molecule has 0 heterocycles. The molecular weight excluding hydrogens is 302 g/mol. The van der Waals surface area contributed by atoms with Gasteiger partial charge in [-0.05, 0) is 48.6 Å². The second-order valence-electron chi connectivity index (χ2n) is 6.37. The number of amides is 1. The van der Waals surface area contributed by atoms with Crippen LogP contribution in [0.5, 0.6) is 0 Å². The van der Waals surface area contributed by atoms with E-state index in [2.05, 4.69) is 18.0 Å². The predicted molar refractivity (Wildman–Crippen MR) is 96.4 cm³/mol.